The maximum absolute atomic E-state index is 5.23. The molecule has 0 aliphatic rings. The Morgan fingerprint density at radius 3 is 3.07 bits per heavy atom. The van der Waals surface area contributed by atoms with Crippen LogP contribution in [0.5, 0.6) is 0 Å². The quantitative estimate of drug-likeness (QED) is 0.672. The van der Waals surface area contributed by atoms with Gasteiger partial charge in [-0.15, -0.1) is 0 Å². The molecule has 0 saturated heterocycles. The number of hydrogen-bond donors (Lipinski definition) is 1. The van der Waals surface area contributed by atoms with Crippen LogP contribution in [0.3, 0.4) is 0 Å². The zero-order chi connectivity index (χ0) is 10.1. The standard InChI is InChI=1S/C11H19NOS/c1-2-14-10-4-7-12-8-6-11-5-3-9-13-11/h3,5,9,12H,2,4,6-8,10H2,1H3. The molecule has 2 nitrogen and oxygen atoms in total. The van der Waals surface area contributed by atoms with Crippen molar-refractivity contribution in [1.29, 1.82) is 0 Å². The van der Waals surface area contributed by atoms with Gasteiger partial charge in [0.05, 0.1) is 6.26 Å². The molecule has 0 radical (unpaired) electrons. The number of nitrogens with one attached hydrogen (secondary N) is 1. The van der Waals surface area contributed by atoms with Gasteiger partial charge in [0.2, 0.25) is 0 Å². The molecule has 0 bridgehead atoms. The van der Waals surface area contributed by atoms with Crippen molar-refractivity contribution in [2.24, 2.45) is 0 Å². The van der Waals surface area contributed by atoms with Crippen LogP contribution in [-0.2, 0) is 6.42 Å². The average molecular weight is 213 g/mol. The summed E-state index contributed by atoms with van der Waals surface area (Å²) in [5, 5.41) is 3.41. The lowest BCUT2D eigenvalue weighted by Gasteiger charge is -2.02. The topological polar surface area (TPSA) is 25.2 Å². The van der Waals surface area contributed by atoms with E-state index in [2.05, 4.69) is 12.2 Å². The van der Waals surface area contributed by atoms with Crippen molar-refractivity contribution in [3.05, 3.63) is 24.2 Å². The smallest absolute Gasteiger partial charge is 0.105 e. The minimum atomic E-state index is 0.994. The highest BCUT2D eigenvalue weighted by molar-refractivity contribution is 7.99. The molecule has 80 valence electrons. The van der Waals surface area contributed by atoms with Gasteiger partial charge in [0.15, 0.2) is 0 Å². The van der Waals surface area contributed by atoms with Gasteiger partial charge in [-0.1, -0.05) is 6.92 Å². The number of thioether (sulfide) groups is 1. The van der Waals surface area contributed by atoms with Crippen molar-refractivity contribution < 1.29 is 4.42 Å². The predicted octanol–water partition coefficient (Wildman–Crippen LogP) is 2.55. The molecule has 3 heteroatoms. The van der Waals surface area contributed by atoms with Crippen molar-refractivity contribution >= 4 is 11.8 Å². The van der Waals surface area contributed by atoms with Gasteiger partial charge in [-0.05, 0) is 36.6 Å². The predicted molar refractivity (Wildman–Crippen MR) is 62.9 cm³/mol. The Labute approximate surface area is 90.5 Å². The Hall–Kier alpha value is -0.410. The first kappa shape index (κ1) is 11.7. The molecule has 1 aromatic rings. The minimum Gasteiger partial charge on any atom is -0.469 e. The maximum Gasteiger partial charge on any atom is 0.105 e. The molecule has 1 aromatic heterocycles. The molecule has 0 aliphatic carbocycles. The monoisotopic (exact) mass is 213 g/mol. The summed E-state index contributed by atoms with van der Waals surface area (Å²) < 4.78 is 5.23. The van der Waals surface area contributed by atoms with Crippen molar-refractivity contribution in [2.75, 3.05) is 24.6 Å². The molecule has 0 atom stereocenters. The summed E-state index contributed by atoms with van der Waals surface area (Å²) in [6.45, 7) is 4.34. The van der Waals surface area contributed by atoms with Gasteiger partial charge in [-0.3, -0.25) is 0 Å². The van der Waals surface area contributed by atoms with Crippen LogP contribution in [0.2, 0.25) is 0 Å². The summed E-state index contributed by atoms with van der Waals surface area (Å²) in [6, 6.07) is 3.96. The molecule has 0 amide bonds. The first-order valence-corrected chi connectivity index (χ1v) is 6.39. The highest BCUT2D eigenvalue weighted by Gasteiger charge is 1.94. The van der Waals surface area contributed by atoms with Gasteiger partial charge in [-0.2, -0.15) is 11.8 Å². The normalized spacial score (nSPS) is 10.6. The van der Waals surface area contributed by atoms with E-state index in [-0.39, 0.29) is 0 Å². The molecule has 0 spiro atoms. The molecule has 0 aliphatic heterocycles. The third-order valence-corrected chi connectivity index (χ3v) is 2.96. The van der Waals surface area contributed by atoms with E-state index < -0.39 is 0 Å². The van der Waals surface area contributed by atoms with Gasteiger partial charge < -0.3 is 9.73 Å². The molecule has 1 rings (SSSR count). The van der Waals surface area contributed by atoms with Crippen LogP contribution in [0.4, 0.5) is 0 Å². The van der Waals surface area contributed by atoms with Crippen LogP contribution in [0.25, 0.3) is 0 Å². The van der Waals surface area contributed by atoms with E-state index in [1.54, 1.807) is 6.26 Å². The van der Waals surface area contributed by atoms with Crippen LogP contribution < -0.4 is 5.32 Å². The fourth-order valence-corrected chi connectivity index (χ4v) is 1.87. The molecule has 0 fully saturated rings. The van der Waals surface area contributed by atoms with Crippen LogP contribution in [-0.4, -0.2) is 24.6 Å². The maximum atomic E-state index is 5.23. The lowest BCUT2D eigenvalue weighted by Crippen LogP contribution is -2.18. The second-order valence-electron chi connectivity index (χ2n) is 3.13. The van der Waals surface area contributed by atoms with Crippen LogP contribution >= 0.6 is 11.8 Å². The molecule has 0 unspecified atom stereocenters. The van der Waals surface area contributed by atoms with E-state index in [1.165, 1.54) is 17.9 Å². The highest BCUT2D eigenvalue weighted by Crippen LogP contribution is 2.01. The van der Waals surface area contributed by atoms with E-state index in [0.29, 0.717) is 0 Å². The van der Waals surface area contributed by atoms with Gasteiger partial charge in [0.1, 0.15) is 5.76 Å². The summed E-state index contributed by atoms with van der Waals surface area (Å²) in [7, 11) is 0. The molecular weight excluding hydrogens is 194 g/mol. The Bertz CT molecular complexity index is 211. The Balaban J connectivity index is 1.85. The van der Waals surface area contributed by atoms with Crippen LogP contribution in [0, 0.1) is 0 Å². The zero-order valence-electron chi connectivity index (χ0n) is 8.79. The summed E-state index contributed by atoms with van der Waals surface area (Å²) in [6.07, 6.45) is 3.98. The van der Waals surface area contributed by atoms with Gasteiger partial charge in [0, 0.05) is 13.0 Å². The first-order chi connectivity index (χ1) is 6.93. The van der Waals surface area contributed by atoms with Gasteiger partial charge in [-0.25, -0.2) is 0 Å². The van der Waals surface area contributed by atoms with E-state index in [9.17, 15) is 0 Å². The third kappa shape index (κ3) is 5.35. The number of hydrogen-bond acceptors (Lipinski definition) is 3. The lowest BCUT2D eigenvalue weighted by atomic mass is 10.3. The second kappa shape index (κ2) is 7.94. The van der Waals surface area contributed by atoms with Crippen molar-refractivity contribution in [3.63, 3.8) is 0 Å². The average Bonchev–Trinajstić information content (AvgIpc) is 2.69. The minimum absolute atomic E-state index is 0.994. The Morgan fingerprint density at radius 1 is 1.43 bits per heavy atom. The second-order valence-corrected chi connectivity index (χ2v) is 4.52. The van der Waals surface area contributed by atoms with Crippen LogP contribution in [0.15, 0.2) is 22.8 Å². The SMILES string of the molecule is CCSCCCNCCc1ccco1. The fourth-order valence-electron chi connectivity index (χ4n) is 1.23. The third-order valence-electron chi connectivity index (χ3n) is 1.97. The van der Waals surface area contributed by atoms with Crippen molar-refractivity contribution in [1.82, 2.24) is 5.32 Å². The zero-order valence-corrected chi connectivity index (χ0v) is 9.61. The molecular formula is C11H19NOS. The summed E-state index contributed by atoms with van der Waals surface area (Å²) in [5.41, 5.74) is 0. The van der Waals surface area contributed by atoms with Crippen LogP contribution in [0.1, 0.15) is 19.1 Å². The Kier molecular flexibility index (Phi) is 6.62. The molecule has 0 aromatic carbocycles. The highest BCUT2D eigenvalue weighted by atomic mass is 32.2. The summed E-state index contributed by atoms with van der Waals surface area (Å²) >= 11 is 2.01. The van der Waals surface area contributed by atoms with E-state index in [0.717, 1.165) is 25.3 Å². The Morgan fingerprint density at radius 2 is 2.36 bits per heavy atom. The molecule has 1 N–H and O–H groups in total. The van der Waals surface area contributed by atoms with E-state index >= 15 is 0 Å². The van der Waals surface area contributed by atoms with Gasteiger partial charge in [0.25, 0.3) is 0 Å². The van der Waals surface area contributed by atoms with E-state index in [4.69, 9.17) is 4.42 Å². The van der Waals surface area contributed by atoms with E-state index in [1.807, 2.05) is 23.9 Å². The van der Waals surface area contributed by atoms with Crippen molar-refractivity contribution in [3.8, 4) is 0 Å². The molecule has 14 heavy (non-hydrogen) atoms. The molecule has 1 heterocycles. The fraction of sp³-hybridized carbons (Fsp3) is 0.636. The number of rotatable bonds is 8. The number of furan rings is 1. The summed E-state index contributed by atoms with van der Waals surface area (Å²) in [5.74, 6) is 3.57. The van der Waals surface area contributed by atoms with Crippen molar-refractivity contribution in [2.45, 2.75) is 19.8 Å². The van der Waals surface area contributed by atoms with Gasteiger partial charge >= 0.3 is 0 Å². The largest absolute Gasteiger partial charge is 0.469 e. The summed E-state index contributed by atoms with van der Waals surface area (Å²) in [4.78, 5) is 0. The molecule has 0 saturated carbocycles. The lowest BCUT2D eigenvalue weighted by molar-refractivity contribution is 0.499. The first-order valence-electron chi connectivity index (χ1n) is 5.24.